The summed E-state index contributed by atoms with van der Waals surface area (Å²) in [6, 6.07) is 0. The van der Waals surface area contributed by atoms with Crippen LogP contribution in [0.15, 0.2) is 45.1 Å². The molecule has 1 nitrogen and oxygen atoms in total. The zero-order valence-electron chi connectivity index (χ0n) is 5.67. The highest BCUT2D eigenvalue weighted by Gasteiger charge is 2.17. The van der Waals surface area contributed by atoms with Crippen LogP contribution in [0.5, 0.6) is 0 Å². The molecular weight excluding hydrogens is 251 g/mol. The first kappa shape index (κ1) is 7.03. The lowest BCUT2D eigenvalue weighted by atomic mass is 10.0. The molecule has 0 fully saturated rings. The van der Waals surface area contributed by atoms with Gasteiger partial charge in [-0.05, 0) is 46.4 Å². The van der Waals surface area contributed by atoms with Gasteiger partial charge >= 0.3 is 0 Å². The van der Waals surface area contributed by atoms with Crippen molar-refractivity contribution in [2.24, 2.45) is 0 Å². The Kier molecular flexibility index (Phi) is 1.56. The van der Waals surface area contributed by atoms with Gasteiger partial charge in [-0.15, -0.1) is 0 Å². The fraction of sp³-hybridized carbons (Fsp3) is 0. The van der Waals surface area contributed by atoms with Crippen LogP contribution in [0.3, 0.4) is 0 Å². The highest BCUT2D eigenvalue weighted by Crippen LogP contribution is 2.29. The summed E-state index contributed by atoms with van der Waals surface area (Å²) in [6.45, 7) is 0. The van der Waals surface area contributed by atoms with E-state index in [0.717, 1.165) is 14.7 Å². The lowest BCUT2D eigenvalue weighted by Gasteiger charge is -2.02. The molecule has 2 aliphatic carbocycles. The van der Waals surface area contributed by atoms with Gasteiger partial charge < -0.3 is 0 Å². The molecule has 0 saturated heterocycles. The number of halogens is 1. The van der Waals surface area contributed by atoms with E-state index in [4.69, 9.17) is 0 Å². The first-order valence-corrected chi connectivity index (χ1v) is 4.37. The van der Waals surface area contributed by atoms with Gasteiger partial charge in [0, 0.05) is 9.15 Å². The molecule has 0 spiro atoms. The summed E-state index contributed by atoms with van der Waals surface area (Å²) in [6.07, 6.45) is 9.27. The van der Waals surface area contributed by atoms with Gasteiger partial charge in [-0.3, -0.25) is 4.79 Å². The van der Waals surface area contributed by atoms with Crippen LogP contribution in [0, 0.1) is 0 Å². The van der Waals surface area contributed by atoms with E-state index in [1.807, 2.05) is 18.2 Å². The Labute approximate surface area is 78.3 Å². The van der Waals surface area contributed by atoms with Gasteiger partial charge in [-0.2, -0.15) is 0 Å². The number of fused-ring (bicyclic) bond motifs is 1. The van der Waals surface area contributed by atoms with Crippen molar-refractivity contribution in [3.05, 3.63) is 45.1 Å². The van der Waals surface area contributed by atoms with Crippen molar-refractivity contribution in [2.45, 2.75) is 0 Å². The normalized spacial score (nSPS) is 20.8. The molecule has 0 heterocycles. The number of carbonyl (C=O) groups excluding carboxylic acids is 1. The zero-order chi connectivity index (χ0) is 7.84. The predicted octanol–water partition coefficient (Wildman–Crippen LogP) is 2.31. The Morgan fingerprint density at radius 1 is 1.27 bits per heavy atom. The molecule has 0 amide bonds. The molecule has 0 aromatic heterocycles. The molecule has 0 aliphatic heterocycles. The zero-order valence-corrected chi connectivity index (χ0v) is 7.83. The number of hydrogen-bond acceptors (Lipinski definition) is 1. The standard InChI is InChI=1S/C9H5IO/c10-7-4-6-2-1-3-9(11)8(6)5-7/h1-5H. The molecule has 54 valence electrons. The van der Waals surface area contributed by atoms with Gasteiger partial charge in [-0.25, -0.2) is 0 Å². The van der Waals surface area contributed by atoms with E-state index in [0.29, 0.717) is 0 Å². The first-order valence-electron chi connectivity index (χ1n) is 3.29. The molecule has 0 aromatic rings. The van der Waals surface area contributed by atoms with Crippen molar-refractivity contribution in [1.82, 2.24) is 0 Å². The monoisotopic (exact) mass is 256 g/mol. The van der Waals surface area contributed by atoms with Gasteiger partial charge in [-0.1, -0.05) is 12.2 Å². The summed E-state index contributed by atoms with van der Waals surface area (Å²) in [4.78, 5) is 11.2. The van der Waals surface area contributed by atoms with E-state index in [1.165, 1.54) is 0 Å². The van der Waals surface area contributed by atoms with Gasteiger partial charge in [0.2, 0.25) is 0 Å². The van der Waals surface area contributed by atoms with E-state index < -0.39 is 0 Å². The second-order valence-electron chi connectivity index (χ2n) is 2.43. The van der Waals surface area contributed by atoms with Crippen molar-refractivity contribution in [3.8, 4) is 0 Å². The number of hydrogen-bond donors (Lipinski definition) is 0. The van der Waals surface area contributed by atoms with Crippen LogP contribution in [0.4, 0.5) is 0 Å². The molecule has 2 rings (SSSR count). The van der Waals surface area contributed by atoms with Crippen molar-refractivity contribution >= 4 is 28.4 Å². The van der Waals surface area contributed by atoms with Crippen molar-refractivity contribution < 1.29 is 4.79 Å². The number of rotatable bonds is 0. The van der Waals surface area contributed by atoms with Crippen LogP contribution < -0.4 is 0 Å². The van der Waals surface area contributed by atoms with Crippen molar-refractivity contribution in [3.63, 3.8) is 0 Å². The second-order valence-corrected chi connectivity index (χ2v) is 3.68. The van der Waals surface area contributed by atoms with E-state index in [9.17, 15) is 4.79 Å². The highest BCUT2D eigenvalue weighted by molar-refractivity contribution is 14.1. The maximum absolute atomic E-state index is 11.2. The molecule has 0 unspecified atom stereocenters. The summed E-state index contributed by atoms with van der Waals surface area (Å²) >= 11 is 2.21. The minimum atomic E-state index is 0.116. The SMILES string of the molecule is O=C1C=CC=C2C=C(I)C=C12. The van der Waals surface area contributed by atoms with Gasteiger partial charge in [0.1, 0.15) is 0 Å². The lowest BCUT2D eigenvalue weighted by molar-refractivity contribution is -0.111. The van der Waals surface area contributed by atoms with E-state index in [2.05, 4.69) is 22.6 Å². The van der Waals surface area contributed by atoms with Crippen LogP contribution in [0.25, 0.3) is 0 Å². The average Bonchev–Trinajstić information content (AvgIpc) is 2.31. The molecular formula is C9H5IO. The molecule has 11 heavy (non-hydrogen) atoms. The third-order valence-electron chi connectivity index (χ3n) is 1.68. The molecule has 0 bridgehead atoms. The van der Waals surface area contributed by atoms with Crippen molar-refractivity contribution in [1.29, 1.82) is 0 Å². The van der Waals surface area contributed by atoms with Crippen LogP contribution in [-0.2, 0) is 4.79 Å². The fourth-order valence-corrected chi connectivity index (χ4v) is 1.82. The molecule has 0 N–H and O–H groups in total. The van der Waals surface area contributed by atoms with Crippen LogP contribution in [0.2, 0.25) is 0 Å². The maximum atomic E-state index is 11.2. The maximum Gasteiger partial charge on any atom is 0.186 e. The minimum Gasteiger partial charge on any atom is -0.289 e. The average molecular weight is 256 g/mol. The molecule has 0 atom stereocenters. The van der Waals surface area contributed by atoms with E-state index >= 15 is 0 Å². The second kappa shape index (κ2) is 2.44. The molecule has 0 radical (unpaired) electrons. The third-order valence-corrected chi connectivity index (χ3v) is 2.30. The molecule has 2 aliphatic rings. The number of carbonyl (C=O) groups is 1. The molecule has 0 saturated carbocycles. The lowest BCUT2D eigenvalue weighted by Crippen LogP contribution is -2.00. The topological polar surface area (TPSA) is 17.1 Å². The minimum absolute atomic E-state index is 0.116. The summed E-state index contributed by atoms with van der Waals surface area (Å²) < 4.78 is 1.13. The number of allylic oxidation sites excluding steroid dienone is 8. The number of ketones is 1. The highest BCUT2D eigenvalue weighted by atomic mass is 127. The van der Waals surface area contributed by atoms with Crippen LogP contribution in [0.1, 0.15) is 0 Å². The predicted molar refractivity (Wildman–Crippen MR) is 52.4 cm³/mol. The Bertz CT molecular complexity index is 343. The summed E-state index contributed by atoms with van der Waals surface area (Å²) in [7, 11) is 0. The Morgan fingerprint density at radius 3 is 2.82 bits per heavy atom. The Hall–Kier alpha value is -0.640. The Balaban J connectivity index is 2.53. The smallest absolute Gasteiger partial charge is 0.186 e. The van der Waals surface area contributed by atoms with E-state index in [1.54, 1.807) is 12.2 Å². The quantitative estimate of drug-likeness (QED) is 0.608. The molecule has 0 aromatic carbocycles. The first-order chi connectivity index (χ1) is 5.27. The summed E-state index contributed by atoms with van der Waals surface area (Å²) in [5.74, 6) is 0.116. The van der Waals surface area contributed by atoms with Gasteiger partial charge in [0.25, 0.3) is 0 Å². The van der Waals surface area contributed by atoms with E-state index in [-0.39, 0.29) is 5.78 Å². The molecule has 2 heteroatoms. The largest absolute Gasteiger partial charge is 0.289 e. The summed E-state index contributed by atoms with van der Waals surface area (Å²) in [5, 5.41) is 0. The fourth-order valence-electron chi connectivity index (χ4n) is 1.17. The van der Waals surface area contributed by atoms with Crippen LogP contribution >= 0.6 is 22.6 Å². The van der Waals surface area contributed by atoms with Crippen molar-refractivity contribution in [2.75, 3.05) is 0 Å². The Morgan fingerprint density at radius 2 is 2.09 bits per heavy atom. The van der Waals surface area contributed by atoms with Gasteiger partial charge in [0.05, 0.1) is 0 Å². The third kappa shape index (κ3) is 1.11. The van der Waals surface area contributed by atoms with Crippen LogP contribution in [-0.4, -0.2) is 5.78 Å². The summed E-state index contributed by atoms with van der Waals surface area (Å²) in [5.41, 5.74) is 1.87. The van der Waals surface area contributed by atoms with Gasteiger partial charge in [0.15, 0.2) is 5.78 Å².